The van der Waals surface area contributed by atoms with Gasteiger partial charge in [0, 0.05) is 38.0 Å². The number of ether oxygens (including phenoxy) is 1. The number of rotatable bonds is 6. The fourth-order valence-corrected chi connectivity index (χ4v) is 3.07. The number of benzene rings is 1. The highest BCUT2D eigenvalue weighted by atomic mass is 19.1. The van der Waals surface area contributed by atoms with Crippen LogP contribution in [-0.2, 0) is 13.1 Å². The molecular formula is C20H24F2N4O. The molecule has 1 aromatic carbocycles. The fourth-order valence-electron chi connectivity index (χ4n) is 3.07. The summed E-state index contributed by atoms with van der Waals surface area (Å²) in [6, 6.07) is 7.19. The molecule has 27 heavy (non-hydrogen) atoms. The van der Waals surface area contributed by atoms with Crippen molar-refractivity contribution in [3.8, 4) is 5.88 Å². The summed E-state index contributed by atoms with van der Waals surface area (Å²) in [7, 11) is 1.62. The van der Waals surface area contributed by atoms with Crippen molar-refractivity contribution in [3.05, 3.63) is 59.3 Å². The number of pyridine rings is 1. The van der Waals surface area contributed by atoms with Crippen LogP contribution in [0, 0.1) is 11.6 Å². The molecule has 2 aromatic rings. The number of nitrogens with one attached hydrogen (secondary N) is 2. The lowest BCUT2D eigenvalue weighted by atomic mass is 10.2. The summed E-state index contributed by atoms with van der Waals surface area (Å²) in [6.07, 6.45) is 6.56. The van der Waals surface area contributed by atoms with Crippen molar-refractivity contribution in [3.63, 3.8) is 0 Å². The van der Waals surface area contributed by atoms with Gasteiger partial charge in [-0.2, -0.15) is 0 Å². The Hall–Kier alpha value is -2.70. The van der Waals surface area contributed by atoms with Crippen molar-refractivity contribution in [2.75, 3.05) is 7.05 Å². The average molecular weight is 374 g/mol. The summed E-state index contributed by atoms with van der Waals surface area (Å²) < 4.78 is 32.9. The summed E-state index contributed by atoms with van der Waals surface area (Å²) in [4.78, 5) is 8.38. The third-order valence-corrected chi connectivity index (χ3v) is 4.53. The quantitative estimate of drug-likeness (QED) is 0.600. The Morgan fingerprint density at radius 3 is 2.70 bits per heavy atom. The zero-order chi connectivity index (χ0) is 19.1. The van der Waals surface area contributed by atoms with E-state index >= 15 is 0 Å². The van der Waals surface area contributed by atoms with Crippen molar-refractivity contribution in [1.29, 1.82) is 0 Å². The number of nitrogens with zero attached hydrogens (tertiary/aromatic N) is 2. The van der Waals surface area contributed by atoms with Crippen LogP contribution in [0.5, 0.6) is 5.88 Å². The van der Waals surface area contributed by atoms with Gasteiger partial charge in [0.2, 0.25) is 5.88 Å². The summed E-state index contributed by atoms with van der Waals surface area (Å²) in [6.45, 7) is 0.643. The third kappa shape index (κ3) is 5.64. The predicted molar refractivity (Wildman–Crippen MR) is 101 cm³/mol. The van der Waals surface area contributed by atoms with Gasteiger partial charge in [0.25, 0.3) is 0 Å². The van der Waals surface area contributed by atoms with Crippen LogP contribution in [0.3, 0.4) is 0 Å². The Kier molecular flexibility index (Phi) is 6.57. The maximum absolute atomic E-state index is 13.7. The third-order valence-electron chi connectivity index (χ3n) is 4.53. The van der Waals surface area contributed by atoms with Crippen molar-refractivity contribution in [2.45, 2.75) is 44.9 Å². The van der Waals surface area contributed by atoms with Gasteiger partial charge in [0.15, 0.2) is 5.96 Å². The Bertz CT molecular complexity index is 791. The van der Waals surface area contributed by atoms with Crippen LogP contribution < -0.4 is 15.4 Å². The molecule has 2 N–H and O–H groups in total. The van der Waals surface area contributed by atoms with E-state index in [4.69, 9.17) is 4.74 Å². The second kappa shape index (κ2) is 9.30. The number of aromatic nitrogens is 1. The van der Waals surface area contributed by atoms with Gasteiger partial charge >= 0.3 is 0 Å². The highest BCUT2D eigenvalue weighted by molar-refractivity contribution is 5.79. The molecule has 0 unspecified atom stereocenters. The van der Waals surface area contributed by atoms with E-state index in [1.807, 2.05) is 12.1 Å². The van der Waals surface area contributed by atoms with E-state index in [0.717, 1.165) is 30.5 Å². The maximum atomic E-state index is 13.7. The van der Waals surface area contributed by atoms with E-state index in [2.05, 4.69) is 20.6 Å². The first-order valence-corrected chi connectivity index (χ1v) is 9.14. The number of hydrogen-bond acceptors (Lipinski definition) is 3. The molecule has 1 aliphatic carbocycles. The van der Waals surface area contributed by atoms with Gasteiger partial charge in [-0.05, 0) is 55.5 Å². The van der Waals surface area contributed by atoms with Gasteiger partial charge in [0.1, 0.15) is 17.7 Å². The zero-order valence-corrected chi connectivity index (χ0v) is 15.3. The first-order chi connectivity index (χ1) is 13.1. The lowest BCUT2D eigenvalue weighted by molar-refractivity contribution is 0.201. The normalized spacial score (nSPS) is 15.0. The molecule has 1 heterocycles. The molecule has 1 saturated carbocycles. The van der Waals surface area contributed by atoms with Gasteiger partial charge in [-0.3, -0.25) is 4.99 Å². The smallest absolute Gasteiger partial charge is 0.213 e. The molecule has 0 atom stereocenters. The largest absolute Gasteiger partial charge is 0.474 e. The molecule has 0 bridgehead atoms. The Morgan fingerprint density at radius 1 is 1.15 bits per heavy atom. The van der Waals surface area contributed by atoms with Crippen LogP contribution >= 0.6 is 0 Å². The van der Waals surface area contributed by atoms with E-state index in [-0.39, 0.29) is 18.2 Å². The number of hydrogen-bond donors (Lipinski definition) is 2. The van der Waals surface area contributed by atoms with Crippen molar-refractivity contribution in [1.82, 2.24) is 15.6 Å². The molecule has 0 amide bonds. The van der Waals surface area contributed by atoms with Crippen LogP contribution in [-0.4, -0.2) is 24.1 Å². The Labute approximate surface area is 157 Å². The molecular weight excluding hydrogens is 350 g/mol. The molecule has 1 aromatic heterocycles. The van der Waals surface area contributed by atoms with Crippen molar-refractivity contribution in [2.24, 2.45) is 4.99 Å². The van der Waals surface area contributed by atoms with Crippen LogP contribution in [0.2, 0.25) is 0 Å². The Balaban J connectivity index is 1.52. The predicted octanol–water partition coefficient (Wildman–Crippen LogP) is 3.55. The molecule has 3 rings (SSSR count). The van der Waals surface area contributed by atoms with Crippen LogP contribution in [0.4, 0.5) is 8.78 Å². The minimum absolute atomic E-state index is 0.135. The average Bonchev–Trinajstić information content (AvgIpc) is 3.18. The molecule has 0 spiro atoms. The summed E-state index contributed by atoms with van der Waals surface area (Å²) in [5.41, 5.74) is 1.24. The minimum Gasteiger partial charge on any atom is -0.474 e. The molecule has 1 fully saturated rings. The summed E-state index contributed by atoms with van der Waals surface area (Å²) in [5, 5.41) is 6.13. The topological polar surface area (TPSA) is 58.5 Å². The van der Waals surface area contributed by atoms with Crippen LogP contribution in [0.15, 0.2) is 41.5 Å². The monoisotopic (exact) mass is 374 g/mol. The first-order valence-electron chi connectivity index (χ1n) is 9.14. The van der Waals surface area contributed by atoms with Crippen LogP contribution in [0.25, 0.3) is 0 Å². The molecule has 1 aliphatic rings. The lowest BCUT2D eigenvalue weighted by Crippen LogP contribution is -2.36. The summed E-state index contributed by atoms with van der Waals surface area (Å²) in [5.74, 6) is 0.199. The van der Waals surface area contributed by atoms with E-state index < -0.39 is 11.6 Å². The maximum Gasteiger partial charge on any atom is 0.213 e. The molecule has 7 heteroatoms. The standard InChI is InChI=1S/C20H24F2N4O/c1-23-20(26-13-15-11-16(21)6-7-18(15)22)25-12-14-8-9-24-19(10-14)27-17-4-2-3-5-17/h6-11,17H,2-5,12-13H2,1H3,(H2,23,25,26). The van der Waals surface area contributed by atoms with E-state index in [1.165, 1.54) is 18.9 Å². The lowest BCUT2D eigenvalue weighted by Gasteiger charge is -2.14. The van der Waals surface area contributed by atoms with E-state index in [1.54, 1.807) is 13.2 Å². The zero-order valence-electron chi connectivity index (χ0n) is 15.3. The SMILES string of the molecule is CN=C(NCc1ccnc(OC2CCCC2)c1)NCc1cc(F)ccc1F. The highest BCUT2D eigenvalue weighted by Gasteiger charge is 2.17. The number of halogens is 2. The Morgan fingerprint density at radius 2 is 1.93 bits per heavy atom. The van der Waals surface area contributed by atoms with Gasteiger partial charge in [-0.15, -0.1) is 0 Å². The minimum atomic E-state index is -0.470. The molecule has 0 saturated heterocycles. The second-order valence-corrected chi connectivity index (χ2v) is 6.54. The van der Waals surface area contributed by atoms with Crippen LogP contribution in [0.1, 0.15) is 36.8 Å². The first kappa shape index (κ1) is 19.1. The van der Waals surface area contributed by atoms with E-state index in [9.17, 15) is 8.78 Å². The second-order valence-electron chi connectivity index (χ2n) is 6.54. The number of aliphatic imine (C=N–C) groups is 1. The highest BCUT2D eigenvalue weighted by Crippen LogP contribution is 2.23. The van der Waals surface area contributed by atoms with Gasteiger partial charge < -0.3 is 15.4 Å². The van der Waals surface area contributed by atoms with Gasteiger partial charge in [0.05, 0.1) is 0 Å². The van der Waals surface area contributed by atoms with Gasteiger partial charge in [-0.25, -0.2) is 13.8 Å². The molecule has 144 valence electrons. The molecule has 5 nitrogen and oxygen atoms in total. The van der Waals surface area contributed by atoms with Crippen molar-refractivity contribution < 1.29 is 13.5 Å². The fraction of sp³-hybridized carbons (Fsp3) is 0.400. The summed E-state index contributed by atoms with van der Waals surface area (Å²) >= 11 is 0. The van der Waals surface area contributed by atoms with Crippen molar-refractivity contribution >= 4 is 5.96 Å². The number of guanidine groups is 1. The molecule has 0 aliphatic heterocycles. The van der Waals surface area contributed by atoms with Gasteiger partial charge in [-0.1, -0.05) is 0 Å². The molecule has 0 radical (unpaired) electrons. The van der Waals surface area contributed by atoms with E-state index in [0.29, 0.717) is 18.4 Å².